The molecule has 0 unspecified atom stereocenters. The Morgan fingerprint density at radius 3 is 2.77 bits per heavy atom. The number of ether oxygens (including phenoxy) is 2. The molecule has 2 rings (SSSR count). The van der Waals surface area contributed by atoms with Crippen LogP contribution in [0.15, 0.2) is 24.3 Å². The Bertz CT molecular complexity index is 632. The highest BCUT2D eigenvalue weighted by atomic mass is 16.6. The first-order valence-corrected chi connectivity index (χ1v) is 6.75. The second kappa shape index (κ2) is 7.74. The number of nitrogens with one attached hydrogen (secondary N) is 2. The molecule has 1 aromatic rings. The molecule has 0 saturated carbocycles. The van der Waals surface area contributed by atoms with Crippen LogP contribution in [0.5, 0.6) is 11.5 Å². The van der Waals surface area contributed by atoms with Crippen molar-refractivity contribution in [3.8, 4) is 23.8 Å². The molecular weight excluding hydrogens is 284 g/mol. The third-order valence-electron chi connectivity index (χ3n) is 2.80. The summed E-state index contributed by atoms with van der Waals surface area (Å²) in [6.07, 6.45) is 7.99. The van der Waals surface area contributed by atoms with Crippen LogP contribution in [0.1, 0.15) is 5.56 Å². The lowest BCUT2D eigenvalue weighted by atomic mass is 10.2. The SMILES string of the molecule is C#CCNC(=O)CNC(=O)/C=C/c1ccc2c(c1)OCCO2. The minimum atomic E-state index is -0.370. The van der Waals surface area contributed by atoms with E-state index in [1.165, 1.54) is 6.08 Å². The summed E-state index contributed by atoms with van der Waals surface area (Å²) in [4.78, 5) is 22.9. The maximum atomic E-state index is 11.6. The molecule has 0 radical (unpaired) electrons. The maximum Gasteiger partial charge on any atom is 0.244 e. The van der Waals surface area contributed by atoms with Gasteiger partial charge in [-0.3, -0.25) is 9.59 Å². The zero-order valence-corrected chi connectivity index (χ0v) is 11.9. The monoisotopic (exact) mass is 300 g/mol. The van der Waals surface area contributed by atoms with Crippen LogP contribution in [-0.2, 0) is 9.59 Å². The van der Waals surface area contributed by atoms with E-state index in [0.29, 0.717) is 24.7 Å². The van der Waals surface area contributed by atoms with Crippen LogP contribution in [0.4, 0.5) is 0 Å². The van der Waals surface area contributed by atoms with Crippen LogP contribution in [0.25, 0.3) is 6.08 Å². The molecule has 6 heteroatoms. The number of benzene rings is 1. The zero-order chi connectivity index (χ0) is 15.8. The molecule has 0 fully saturated rings. The molecule has 22 heavy (non-hydrogen) atoms. The van der Waals surface area contributed by atoms with Crippen molar-refractivity contribution in [2.45, 2.75) is 0 Å². The summed E-state index contributed by atoms with van der Waals surface area (Å²) in [7, 11) is 0. The van der Waals surface area contributed by atoms with E-state index in [4.69, 9.17) is 15.9 Å². The third kappa shape index (κ3) is 4.56. The Kier molecular flexibility index (Phi) is 5.44. The summed E-state index contributed by atoms with van der Waals surface area (Å²) in [6.45, 7) is 1.06. The van der Waals surface area contributed by atoms with Gasteiger partial charge in [-0.05, 0) is 23.8 Å². The van der Waals surface area contributed by atoms with E-state index in [-0.39, 0.29) is 24.9 Å². The van der Waals surface area contributed by atoms with Gasteiger partial charge in [-0.25, -0.2) is 0 Å². The highest BCUT2D eigenvalue weighted by Crippen LogP contribution is 2.30. The molecule has 1 aromatic carbocycles. The summed E-state index contributed by atoms with van der Waals surface area (Å²) < 4.78 is 10.9. The fourth-order valence-electron chi connectivity index (χ4n) is 1.77. The van der Waals surface area contributed by atoms with Crippen LogP contribution >= 0.6 is 0 Å². The number of carbonyl (C=O) groups excluding carboxylic acids is 2. The van der Waals surface area contributed by atoms with Crippen molar-refractivity contribution in [3.63, 3.8) is 0 Å². The van der Waals surface area contributed by atoms with Crippen LogP contribution in [0.2, 0.25) is 0 Å². The quantitative estimate of drug-likeness (QED) is 0.607. The summed E-state index contributed by atoms with van der Waals surface area (Å²) >= 11 is 0. The van der Waals surface area contributed by atoms with E-state index in [1.807, 2.05) is 6.07 Å². The zero-order valence-electron chi connectivity index (χ0n) is 11.9. The lowest BCUT2D eigenvalue weighted by molar-refractivity contribution is -0.123. The summed E-state index contributed by atoms with van der Waals surface area (Å²) in [5, 5.41) is 4.91. The van der Waals surface area contributed by atoms with Gasteiger partial charge in [0, 0.05) is 6.08 Å². The van der Waals surface area contributed by atoms with E-state index in [0.717, 1.165) is 5.56 Å². The van der Waals surface area contributed by atoms with Crippen molar-refractivity contribution in [1.29, 1.82) is 0 Å². The predicted octanol–water partition coefficient (Wildman–Crippen LogP) is 0.337. The van der Waals surface area contributed by atoms with E-state index in [9.17, 15) is 9.59 Å². The minimum absolute atomic E-state index is 0.119. The first kappa shape index (κ1) is 15.4. The number of rotatable bonds is 5. The van der Waals surface area contributed by atoms with Crippen molar-refractivity contribution in [1.82, 2.24) is 10.6 Å². The molecule has 0 atom stereocenters. The Hall–Kier alpha value is -2.94. The Balaban J connectivity index is 1.85. The van der Waals surface area contributed by atoms with Gasteiger partial charge in [-0.2, -0.15) is 0 Å². The lowest BCUT2D eigenvalue weighted by Gasteiger charge is -2.18. The second-order valence-electron chi connectivity index (χ2n) is 4.44. The Morgan fingerprint density at radius 2 is 2.00 bits per heavy atom. The van der Waals surface area contributed by atoms with E-state index >= 15 is 0 Å². The Labute approximate surface area is 128 Å². The van der Waals surface area contributed by atoms with Crippen molar-refractivity contribution >= 4 is 17.9 Å². The van der Waals surface area contributed by atoms with Crippen molar-refractivity contribution in [2.75, 3.05) is 26.3 Å². The van der Waals surface area contributed by atoms with Gasteiger partial charge in [0.2, 0.25) is 11.8 Å². The third-order valence-corrected chi connectivity index (χ3v) is 2.80. The van der Waals surface area contributed by atoms with Crippen LogP contribution < -0.4 is 20.1 Å². The molecule has 0 saturated heterocycles. The van der Waals surface area contributed by atoms with E-state index < -0.39 is 0 Å². The second-order valence-corrected chi connectivity index (χ2v) is 4.44. The van der Waals surface area contributed by atoms with Crippen LogP contribution in [0.3, 0.4) is 0 Å². The molecule has 1 heterocycles. The highest BCUT2D eigenvalue weighted by molar-refractivity contribution is 5.94. The maximum absolute atomic E-state index is 11.6. The molecule has 0 aromatic heterocycles. The Morgan fingerprint density at radius 1 is 1.23 bits per heavy atom. The fraction of sp³-hybridized carbons (Fsp3) is 0.250. The number of terminal acetylenes is 1. The van der Waals surface area contributed by atoms with Gasteiger partial charge in [0.25, 0.3) is 0 Å². The number of fused-ring (bicyclic) bond motifs is 1. The molecule has 0 aliphatic carbocycles. The van der Waals surface area contributed by atoms with Gasteiger partial charge in [0.05, 0.1) is 13.1 Å². The molecule has 0 bridgehead atoms. The largest absolute Gasteiger partial charge is 0.486 e. The smallest absolute Gasteiger partial charge is 0.244 e. The van der Waals surface area contributed by atoms with Gasteiger partial charge in [-0.15, -0.1) is 6.42 Å². The molecule has 2 amide bonds. The average Bonchev–Trinajstić information content (AvgIpc) is 2.56. The standard InChI is InChI=1S/C16H16N2O4/c1-2-7-17-16(20)11-18-15(19)6-4-12-3-5-13-14(10-12)22-9-8-21-13/h1,3-6,10H,7-9,11H2,(H,17,20)(H,18,19)/b6-4+. The molecule has 1 aliphatic rings. The van der Waals surface area contributed by atoms with Gasteiger partial charge in [0.15, 0.2) is 11.5 Å². The van der Waals surface area contributed by atoms with Crippen molar-refractivity contribution in [3.05, 3.63) is 29.8 Å². The predicted molar refractivity (Wildman–Crippen MR) is 81.3 cm³/mol. The van der Waals surface area contributed by atoms with Crippen LogP contribution in [-0.4, -0.2) is 38.1 Å². The summed E-state index contributed by atoms with van der Waals surface area (Å²) in [6, 6.07) is 5.40. The van der Waals surface area contributed by atoms with Crippen molar-refractivity contribution in [2.24, 2.45) is 0 Å². The number of hydrogen-bond acceptors (Lipinski definition) is 4. The molecular formula is C16H16N2O4. The van der Waals surface area contributed by atoms with Gasteiger partial charge in [-0.1, -0.05) is 12.0 Å². The van der Waals surface area contributed by atoms with Gasteiger partial charge >= 0.3 is 0 Å². The minimum Gasteiger partial charge on any atom is -0.486 e. The number of amides is 2. The molecule has 1 aliphatic heterocycles. The van der Waals surface area contributed by atoms with E-state index in [1.54, 1.807) is 18.2 Å². The van der Waals surface area contributed by atoms with Crippen molar-refractivity contribution < 1.29 is 19.1 Å². The average molecular weight is 300 g/mol. The topological polar surface area (TPSA) is 76.7 Å². The van der Waals surface area contributed by atoms with Crippen LogP contribution in [0, 0.1) is 12.3 Å². The summed E-state index contributed by atoms with van der Waals surface area (Å²) in [5.74, 6) is 2.92. The molecule has 114 valence electrons. The molecule has 0 spiro atoms. The summed E-state index contributed by atoms with van der Waals surface area (Å²) in [5.41, 5.74) is 0.802. The molecule has 2 N–H and O–H groups in total. The molecule has 6 nitrogen and oxygen atoms in total. The van der Waals surface area contributed by atoms with E-state index in [2.05, 4.69) is 16.6 Å². The first-order chi connectivity index (χ1) is 10.7. The first-order valence-electron chi connectivity index (χ1n) is 6.75. The normalized spacial score (nSPS) is 12.5. The van der Waals surface area contributed by atoms with Gasteiger partial charge < -0.3 is 20.1 Å². The van der Waals surface area contributed by atoms with Gasteiger partial charge in [0.1, 0.15) is 13.2 Å². The number of carbonyl (C=O) groups is 2. The highest BCUT2D eigenvalue weighted by Gasteiger charge is 2.10. The fourth-order valence-corrected chi connectivity index (χ4v) is 1.77. The number of hydrogen-bond donors (Lipinski definition) is 2. The lowest BCUT2D eigenvalue weighted by Crippen LogP contribution is -2.36.